The second kappa shape index (κ2) is 7.87. The molecule has 2 aliphatic rings. The summed E-state index contributed by atoms with van der Waals surface area (Å²) in [6.07, 6.45) is 1.93. The highest BCUT2D eigenvalue weighted by atomic mass is 32.2. The molecule has 0 aliphatic carbocycles. The molecule has 0 unspecified atom stereocenters. The lowest BCUT2D eigenvalue weighted by Gasteiger charge is -2.40. The Morgan fingerprint density at radius 3 is 2.22 bits per heavy atom. The molecule has 2 aliphatic heterocycles. The quantitative estimate of drug-likeness (QED) is 0.195. The lowest BCUT2D eigenvalue weighted by atomic mass is 9.81. The number of nitrogens with zero attached hydrogens (tertiary/aromatic N) is 1. The molecule has 0 amide bonds. The molecule has 0 N–H and O–H groups in total. The van der Waals surface area contributed by atoms with E-state index in [-0.39, 0.29) is 12.0 Å². The number of sulfonamides is 1. The lowest BCUT2D eigenvalue weighted by Crippen LogP contribution is -2.41. The molecule has 4 nitrogen and oxygen atoms in total. The maximum absolute atomic E-state index is 13.5. The van der Waals surface area contributed by atoms with Gasteiger partial charge in [0.15, 0.2) is 0 Å². The van der Waals surface area contributed by atoms with E-state index in [0.29, 0.717) is 18.0 Å². The van der Waals surface area contributed by atoms with E-state index in [0.717, 1.165) is 16.7 Å². The smallest absolute Gasteiger partial charge is 0.243 e. The lowest BCUT2D eigenvalue weighted by molar-refractivity contribution is -0.0884. The van der Waals surface area contributed by atoms with Gasteiger partial charge in [0.25, 0.3) is 0 Å². The first kappa shape index (κ1) is 22.9. The first-order valence-corrected chi connectivity index (χ1v) is 14.3. The Bertz CT molecular complexity index is 1800. The van der Waals surface area contributed by atoms with Crippen LogP contribution in [-0.2, 0) is 14.8 Å². The monoisotopic (exact) mass is 507 g/mol. The van der Waals surface area contributed by atoms with Gasteiger partial charge in [-0.1, -0.05) is 78.4 Å². The van der Waals surface area contributed by atoms with E-state index in [2.05, 4.69) is 74.5 Å². The highest BCUT2D eigenvalue weighted by Crippen LogP contribution is 2.47. The van der Waals surface area contributed by atoms with Crippen LogP contribution in [0.2, 0.25) is 0 Å². The van der Waals surface area contributed by atoms with Gasteiger partial charge in [0, 0.05) is 19.0 Å². The summed E-state index contributed by atoms with van der Waals surface area (Å²) in [5.74, 6) is 0.0174. The number of fused-ring (bicyclic) bond motifs is 1. The second-order valence-electron chi connectivity index (χ2n) is 11.1. The topological polar surface area (TPSA) is 46.6 Å². The van der Waals surface area contributed by atoms with Gasteiger partial charge in [-0.15, -0.1) is 0 Å². The van der Waals surface area contributed by atoms with Crippen molar-refractivity contribution >= 4 is 42.3 Å². The van der Waals surface area contributed by atoms with Gasteiger partial charge >= 0.3 is 0 Å². The maximum Gasteiger partial charge on any atom is 0.243 e. The van der Waals surface area contributed by atoms with Gasteiger partial charge in [-0.3, -0.25) is 0 Å². The van der Waals surface area contributed by atoms with Gasteiger partial charge in [0.1, 0.15) is 6.10 Å². The van der Waals surface area contributed by atoms with Crippen LogP contribution >= 0.6 is 0 Å². The fourth-order valence-corrected chi connectivity index (χ4v) is 7.82. The van der Waals surface area contributed by atoms with Crippen LogP contribution < -0.4 is 0 Å². The number of aryl methyl sites for hydroxylation is 1. The summed E-state index contributed by atoms with van der Waals surface area (Å²) >= 11 is 0. The molecule has 5 aromatic rings. The predicted octanol–water partition coefficient (Wildman–Crippen LogP) is 6.99. The standard InChI is InChI=1S/C32H29NO3S/c1-20-7-13-25(14-8-20)37(34,35)33-18-24-17-29(36-32(2,3)28(24)19-33)26-15-11-23-10-9-21-5-4-6-22-12-16-27(26)31(23)30(21)22/h4-17,28-29H,18-19H2,1-3H3/t28-,29+/m1/s1. The minimum Gasteiger partial charge on any atom is -0.363 e. The zero-order valence-electron chi connectivity index (χ0n) is 21.2. The molecule has 2 atom stereocenters. The summed E-state index contributed by atoms with van der Waals surface area (Å²) in [7, 11) is -3.58. The summed E-state index contributed by atoms with van der Waals surface area (Å²) in [6, 6.07) is 26.7. The first-order valence-electron chi connectivity index (χ1n) is 12.8. The van der Waals surface area contributed by atoms with Crippen molar-refractivity contribution in [3.8, 4) is 0 Å². The van der Waals surface area contributed by atoms with Crippen LogP contribution in [0.3, 0.4) is 0 Å². The summed E-state index contributed by atoms with van der Waals surface area (Å²) in [5, 5.41) is 7.45. The van der Waals surface area contributed by atoms with E-state index in [1.54, 1.807) is 16.4 Å². The van der Waals surface area contributed by atoms with E-state index in [1.807, 2.05) is 19.1 Å². The molecule has 0 spiro atoms. The van der Waals surface area contributed by atoms with Crippen molar-refractivity contribution in [2.75, 3.05) is 13.1 Å². The molecule has 0 radical (unpaired) electrons. The Morgan fingerprint density at radius 2 is 1.49 bits per heavy atom. The largest absolute Gasteiger partial charge is 0.363 e. The highest BCUT2D eigenvalue weighted by Gasteiger charge is 2.47. The molecule has 186 valence electrons. The molecule has 1 saturated heterocycles. The highest BCUT2D eigenvalue weighted by molar-refractivity contribution is 7.89. The average Bonchev–Trinajstić information content (AvgIpc) is 3.34. The Morgan fingerprint density at radius 1 is 0.838 bits per heavy atom. The third kappa shape index (κ3) is 3.45. The minimum absolute atomic E-state index is 0.0174. The van der Waals surface area contributed by atoms with Gasteiger partial charge in [-0.05, 0) is 76.4 Å². The molecule has 0 aromatic heterocycles. The predicted molar refractivity (Wildman–Crippen MR) is 150 cm³/mol. The van der Waals surface area contributed by atoms with Crippen molar-refractivity contribution in [2.24, 2.45) is 5.92 Å². The van der Waals surface area contributed by atoms with Crippen LogP contribution in [0.4, 0.5) is 0 Å². The van der Waals surface area contributed by atoms with E-state index < -0.39 is 15.6 Å². The molecule has 7 rings (SSSR count). The van der Waals surface area contributed by atoms with Crippen molar-refractivity contribution in [3.05, 3.63) is 102 Å². The van der Waals surface area contributed by atoms with Crippen molar-refractivity contribution in [3.63, 3.8) is 0 Å². The maximum atomic E-state index is 13.5. The fourth-order valence-electron chi connectivity index (χ4n) is 6.37. The minimum atomic E-state index is -3.58. The van der Waals surface area contributed by atoms with E-state index >= 15 is 0 Å². The SMILES string of the molecule is Cc1ccc(S(=O)(=O)N2CC3=C[C@@H](c4ccc5ccc6cccc7ccc4c5c67)OC(C)(C)[C@@H]3C2)cc1. The van der Waals surface area contributed by atoms with Gasteiger partial charge in [0.2, 0.25) is 10.0 Å². The Kier molecular flexibility index (Phi) is 4.88. The van der Waals surface area contributed by atoms with E-state index in [1.165, 1.54) is 32.3 Å². The van der Waals surface area contributed by atoms with Crippen LogP contribution in [0.15, 0.2) is 95.4 Å². The summed E-state index contributed by atoms with van der Waals surface area (Å²) in [4.78, 5) is 0.347. The Hall–Kier alpha value is -3.25. The number of benzene rings is 5. The van der Waals surface area contributed by atoms with Crippen LogP contribution in [0, 0.1) is 12.8 Å². The fraction of sp³-hybridized carbons (Fsp3) is 0.250. The molecule has 0 saturated carbocycles. The molecular weight excluding hydrogens is 478 g/mol. The van der Waals surface area contributed by atoms with Crippen LogP contribution in [0.1, 0.15) is 31.1 Å². The Balaban J connectivity index is 1.32. The van der Waals surface area contributed by atoms with E-state index in [4.69, 9.17) is 4.74 Å². The molecule has 0 bridgehead atoms. The van der Waals surface area contributed by atoms with Crippen LogP contribution in [-0.4, -0.2) is 31.4 Å². The third-order valence-corrected chi connectivity index (χ3v) is 10.2. The van der Waals surface area contributed by atoms with Gasteiger partial charge in [-0.2, -0.15) is 4.31 Å². The zero-order valence-corrected chi connectivity index (χ0v) is 22.0. The molecule has 5 aromatic carbocycles. The van der Waals surface area contributed by atoms with Crippen molar-refractivity contribution in [2.45, 2.75) is 37.4 Å². The number of rotatable bonds is 3. The van der Waals surface area contributed by atoms with E-state index in [9.17, 15) is 8.42 Å². The number of ether oxygens (including phenoxy) is 1. The number of hydrogen-bond donors (Lipinski definition) is 0. The molecule has 2 heterocycles. The van der Waals surface area contributed by atoms with Crippen LogP contribution in [0.5, 0.6) is 0 Å². The average molecular weight is 508 g/mol. The van der Waals surface area contributed by atoms with Crippen molar-refractivity contribution in [1.82, 2.24) is 4.31 Å². The molecule has 5 heteroatoms. The molecule has 1 fully saturated rings. The van der Waals surface area contributed by atoms with Crippen molar-refractivity contribution < 1.29 is 13.2 Å². The normalized spacial score (nSPS) is 22.1. The Labute approximate surface area is 217 Å². The van der Waals surface area contributed by atoms with Gasteiger partial charge < -0.3 is 4.74 Å². The molecule has 37 heavy (non-hydrogen) atoms. The van der Waals surface area contributed by atoms with Crippen LogP contribution in [0.25, 0.3) is 32.3 Å². The van der Waals surface area contributed by atoms with Gasteiger partial charge in [0.05, 0.1) is 10.5 Å². The number of hydrogen-bond acceptors (Lipinski definition) is 3. The summed E-state index contributed by atoms with van der Waals surface area (Å²) < 4.78 is 35.3. The second-order valence-corrected chi connectivity index (χ2v) is 13.0. The van der Waals surface area contributed by atoms with Gasteiger partial charge in [-0.25, -0.2) is 8.42 Å². The van der Waals surface area contributed by atoms with Crippen molar-refractivity contribution in [1.29, 1.82) is 0 Å². The first-order chi connectivity index (χ1) is 17.7. The third-order valence-electron chi connectivity index (χ3n) is 8.36. The summed E-state index contributed by atoms with van der Waals surface area (Å²) in [5.41, 5.74) is 2.81. The summed E-state index contributed by atoms with van der Waals surface area (Å²) in [6.45, 7) is 6.98. The molecular formula is C32H29NO3S. The zero-order chi connectivity index (χ0) is 25.5.